The van der Waals surface area contributed by atoms with E-state index in [2.05, 4.69) is 5.32 Å². The van der Waals surface area contributed by atoms with Gasteiger partial charge in [0.2, 0.25) is 11.8 Å². The van der Waals surface area contributed by atoms with Crippen molar-refractivity contribution in [1.29, 1.82) is 0 Å². The molecule has 1 unspecified atom stereocenters. The van der Waals surface area contributed by atoms with Crippen LogP contribution in [0.1, 0.15) is 40.5 Å². The van der Waals surface area contributed by atoms with E-state index < -0.39 is 29.4 Å². The molecule has 0 fully saturated rings. The van der Waals surface area contributed by atoms with Gasteiger partial charge in [-0.1, -0.05) is 34.1 Å². The standard InChI is InChI=1S/C11H22N2O3/c1-5-6-7(9(12)15)13-10(16)8(14)11(2,3)4/h7-8,14H,5-6H2,1-4H3,(H2,12,15)(H,13,16)/t7?,8-/m1/s1. The average molecular weight is 230 g/mol. The zero-order valence-corrected chi connectivity index (χ0v) is 10.4. The van der Waals surface area contributed by atoms with E-state index in [1.54, 1.807) is 20.8 Å². The van der Waals surface area contributed by atoms with Crippen molar-refractivity contribution < 1.29 is 14.7 Å². The third-order valence-electron chi connectivity index (χ3n) is 2.31. The quantitative estimate of drug-likeness (QED) is 0.628. The highest BCUT2D eigenvalue weighted by molar-refractivity contribution is 5.88. The molecule has 0 heterocycles. The van der Waals surface area contributed by atoms with E-state index in [4.69, 9.17) is 5.73 Å². The number of carbonyl (C=O) groups excluding carboxylic acids is 2. The summed E-state index contributed by atoms with van der Waals surface area (Å²) in [6.45, 7) is 7.13. The molecule has 0 saturated heterocycles. The highest BCUT2D eigenvalue weighted by atomic mass is 16.3. The molecule has 0 radical (unpaired) electrons. The van der Waals surface area contributed by atoms with Gasteiger partial charge in [0.15, 0.2) is 0 Å². The van der Waals surface area contributed by atoms with Crippen molar-refractivity contribution in [3.8, 4) is 0 Å². The fourth-order valence-corrected chi connectivity index (χ4v) is 1.22. The summed E-state index contributed by atoms with van der Waals surface area (Å²) in [4.78, 5) is 22.6. The first-order chi connectivity index (χ1) is 7.20. The molecule has 0 rings (SSSR count). The zero-order valence-electron chi connectivity index (χ0n) is 10.4. The summed E-state index contributed by atoms with van der Waals surface area (Å²) < 4.78 is 0. The van der Waals surface area contributed by atoms with E-state index in [0.29, 0.717) is 6.42 Å². The Bertz CT molecular complexity index is 258. The molecule has 0 aromatic heterocycles. The molecular weight excluding hydrogens is 208 g/mol. The maximum atomic E-state index is 11.6. The number of hydrogen-bond donors (Lipinski definition) is 3. The van der Waals surface area contributed by atoms with Gasteiger partial charge in [-0.15, -0.1) is 0 Å². The van der Waals surface area contributed by atoms with E-state index in [-0.39, 0.29) is 0 Å². The molecule has 0 aromatic carbocycles. The van der Waals surface area contributed by atoms with Gasteiger partial charge in [-0.05, 0) is 11.8 Å². The molecule has 2 amide bonds. The summed E-state index contributed by atoms with van der Waals surface area (Å²) in [6.07, 6.45) is 0.0726. The largest absolute Gasteiger partial charge is 0.383 e. The van der Waals surface area contributed by atoms with E-state index in [1.165, 1.54) is 0 Å². The van der Waals surface area contributed by atoms with Crippen LogP contribution in [0.3, 0.4) is 0 Å². The normalized spacial score (nSPS) is 15.3. The van der Waals surface area contributed by atoms with Crippen molar-refractivity contribution in [3.05, 3.63) is 0 Å². The van der Waals surface area contributed by atoms with Gasteiger partial charge in [-0.3, -0.25) is 9.59 Å². The maximum absolute atomic E-state index is 11.6. The van der Waals surface area contributed by atoms with Gasteiger partial charge < -0.3 is 16.2 Å². The van der Waals surface area contributed by atoms with Crippen molar-refractivity contribution >= 4 is 11.8 Å². The minimum absolute atomic E-state index is 0.484. The van der Waals surface area contributed by atoms with Crippen LogP contribution in [-0.4, -0.2) is 29.1 Å². The number of hydrogen-bond acceptors (Lipinski definition) is 3. The van der Waals surface area contributed by atoms with Crippen LogP contribution in [0, 0.1) is 5.41 Å². The van der Waals surface area contributed by atoms with Crippen molar-refractivity contribution in [2.75, 3.05) is 0 Å². The molecule has 0 aromatic rings. The fourth-order valence-electron chi connectivity index (χ4n) is 1.22. The summed E-state index contributed by atoms with van der Waals surface area (Å²) in [5.41, 5.74) is 4.59. The zero-order chi connectivity index (χ0) is 12.9. The number of primary amides is 1. The Labute approximate surface area is 96.4 Å². The molecule has 0 spiro atoms. The minimum Gasteiger partial charge on any atom is -0.383 e. The van der Waals surface area contributed by atoms with E-state index >= 15 is 0 Å². The first kappa shape index (κ1) is 14.9. The number of nitrogens with one attached hydrogen (secondary N) is 1. The van der Waals surface area contributed by atoms with Crippen molar-refractivity contribution in [1.82, 2.24) is 5.32 Å². The van der Waals surface area contributed by atoms with Crippen molar-refractivity contribution in [2.24, 2.45) is 11.1 Å². The maximum Gasteiger partial charge on any atom is 0.250 e. The smallest absolute Gasteiger partial charge is 0.250 e. The molecule has 0 aliphatic heterocycles. The molecule has 16 heavy (non-hydrogen) atoms. The van der Waals surface area contributed by atoms with E-state index in [1.807, 2.05) is 6.92 Å². The third kappa shape index (κ3) is 4.61. The molecule has 2 atom stereocenters. The SMILES string of the molecule is CCCC(NC(=O)[C@@H](O)C(C)(C)C)C(N)=O. The monoisotopic (exact) mass is 230 g/mol. The lowest BCUT2D eigenvalue weighted by Crippen LogP contribution is -2.50. The topological polar surface area (TPSA) is 92.4 Å². The van der Waals surface area contributed by atoms with Gasteiger partial charge in [0.25, 0.3) is 0 Å². The Balaban J connectivity index is 4.46. The average Bonchev–Trinajstić information content (AvgIpc) is 2.14. The van der Waals surface area contributed by atoms with Crippen molar-refractivity contribution in [2.45, 2.75) is 52.7 Å². The Morgan fingerprint density at radius 3 is 2.19 bits per heavy atom. The van der Waals surface area contributed by atoms with E-state index in [0.717, 1.165) is 6.42 Å². The predicted molar refractivity (Wildman–Crippen MR) is 61.5 cm³/mol. The number of aliphatic hydroxyl groups is 1. The summed E-state index contributed by atoms with van der Waals surface area (Å²) in [5, 5.41) is 12.1. The summed E-state index contributed by atoms with van der Waals surface area (Å²) >= 11 is 0. The first-order valence-corrected chi connectivity index (χ1v) is 5.48. The van der Waals surface area contributed by atoms with Crippen LogP contribution < -0.4 is 11.1 Å². The second kappa shape index (κ2) is 5.84. The number of rotatable bonds is 5. The molecule has 5 nitrogen and oxygen atoms in total. The van der Waals surface area contributed by atoms with Gasteiger partial charge in [0.1, 0.15) is 12.1 Å². The van der Waals surface area contributed by atoms with Crippen LogP contribution in [0.15, 0.2) is 0 Å². The van der Waals surface area contributed by atoms with Crippen LogP contribution >= 0.6 is 0 Å². The molecule has 5 heteroatoms. The second-order valence-electron chi connectivity index (χ2n) is 5.02. The Hall–Kier alpha value is -1.10. The van der Waals surface area contributed by atoms with Crippen LogP contribution in [0.4, 0.5) is 0 Å². The van der Waals surface area contributed by atoms with Gasteiger partial charge in [-0.25, -0.2) is 0 Å². The van der Waals surface area contributed by atoms with Crippen LogP contribution in [0.2, 0.25) is 0 Å². The summed E-state index contributed by atoms with van der Waals surface area (Å²) in [6, 6.07) is -0.700. The molecule has 0 aliphatic carbocycles. The fraction of sp³-hybridized carbons (Fsp3) is 0.818. The Morgan fingerprint density at radius 2 is 1.88 bits per heavy atom. The molecule has 4 N–H and O–H groups in total. The van der Waals surface area contributed by atoms with Gasteiger partial charge in [-0.2, -0.15) is 0 Å². The molecule has 0 aliphatic rings. The molecule has 0 saturated carbocycles. The summed E-state index contributed by atoms with van der Waals surface area (Å²) in [7, 11) is 0. The van der Waals surface area contributed by atoms with Crippen molar-refractivity contribution in [3.63, 3.8) is 0 Å². The lowest BCUT2D eigenvalue weighted by molar-refractivity contribution is -0.137. The van der Waals surface area contributed by atoms with Gasteiger partial charge in [0, 0.05) is 0 Å². The Kier molecular flexibility index (Phi) is 5.44. The van der Waals surface area contributed by atoms with Crippen LogP contribution in [-0.2, 0) is 9.59 Å². The number of aliphatic hydroxyl groups excluding tert-OH is 1. The van der Waals surface area contributed by atoms with Gasteiger partial charge in [0.05, 0.1) is 0 Å². The molecule has 94 valence electrons. The third-order valence-corrected chi connectivity index (χ3v) is 2.31. The molecular formula is C11H22N2O3. The van der Waals surface area contributed by atoms with Crippen LogP contribution in [0.25, 0.3) is 0 Å². The number of nitrogens with two attached hydrogens (primary N) is 1. The lowest BCUT2D eigenvalue weighted by Gasteiger charge is -2.26. The number of amides is 2. The first-order valence-electron chi connectivity index (χ1n) is 5.48. The minimum atomic E-state index is -1.15. The van der Waals surface area contributed by atoms with E-state index in [9.17, 15) is 14.7 Å². The van der Waals surface area contributed by atoms with Crippen LogP contribution in [0.5, 0.6) is 0 Å². The highest BCUT2D eigenvalue weighted by Crippen LogP contribution is 2.19. The highest BCUT2D eigenvalue weighted by Gasteiger charge is 2.31. The predicted octanol–water partition coefficient (Wildman–Crippen LogP) is 0.164. The Morgan fingerprint density at radius 1 is 1.38 bits per heavy atom. The summed E-state index contributed by atoms with van der Waals surface area (Å²) in [5.74, 6) is -1.12. The second-order valence-corrected chi connectivity index (χ2v) is 5.02. The van der Waals surface area contributed by atoms with Gasteiger partial charge >= 0.3 is 0 Å². The lowest BCUT2D eigenvalue weighted by atomic mass is 9.88. The number of carbonyl (C=O) groups is 2. The molecule has 0 bridgehead atoms.